The maximum atomic E-state index is 11.2. The number of nitro groups is 1. The lowest BCUT2D eigenvalue weighted by molar-refractivity contribution is -0.565. The Morgan fingerprint density at radius 3 is 2.81 bits per heavy atom. The molecule has 0 spiro atoms. The molecular weight excluding hydrogens is 206 g/mol. The number of likely N-dealkylation sites (N-methyl/N-ethyl adjacent to an activating group) is 1. The SMILES string of the molecule is CN1CC2CCCCN2CC(C)([N+](=O)[O-])C1. The Morgan fingerprint density at radius 1 is 1.38 bits per heavy atom. The summed E-state index contributed by atoms with van der Waals surface area (Å²) < 4.78 is 0. The minimum absolute atomic E-state index is 0.0967. The molecule has 16 heavy (non-hydrogen) atoms. The summed E-state index contributed by atoms with van der Waals surface area (Å²) in [4.78, 5) is 15.6. The van der Waals surface area contributed by atoms with E-state index in [0.717, 1.165) is 13.1 Å². The van der Waals surface area contributed by atoms with Crippen molar-refractivity contribution in [1.29, 1.82) is 0 Å². The van der Waals surface area contributed by atoms with Gasteiger partial charge in [-0.25, -0.2) is 0 Å². The molecule has 2 rings (SSSR count). The third kappa shape index (κ3) is 2.20. The molecule has 2 aliphatic heterocycles. The Bertz CT molecular complexity index is 284. The normalized spacial score (nSPS) is 37.8. The molecule has 0 aromatic carbocycles. The lowest BCUT2D eigenvalue weighted by atomic mass is 9.99. The van der Waals surface area contributed by atoms with Gasteiger partial charge in [0, 0.05) is 24.4 Å². The summed E-state index contributed by atoms with van der Waals surface area (Å²) in [7, 11) is 2.00. The van der Waals surface area contributed by atoms with Crippen molar-refractivity contribution >= 4 is 0 Å². The Morgan fingerprint density at radius 2 is 2.12 bits per heavy atom. The quantitative estimate of drug-likeness (QED) is 0.491. The van der Waals surface area contributed by atoms with Crippen LogP contribution in [0, 0.1) is 10.1 Å². The van der Waals surface area contributed by atoms with E-state index in [9.17, 15) is 10.1 Å². The fraction of sp³-hybridized carbons (Fsp3) is 1.00. The van der Waals surface area contributed by atoms with E-state index in [4.69, 9.17) is 0 Å². The average Bonchev–Trinajstić information content (AvgIpc) is 2.32. The maximum absolute atomic E-state index is 11.2. The monoisotopic (exact) mass is 227 g/mol. The van der Waals surface area contributed by atoms with E-state index in [-0.39, 0.29) is 4.92 Å². The van der Waals surface area contributed by atoms with Gasteiger partial charge in [-0.05, 0) is 26.4 Å². The molecule has 0 aromatic heterocycles. The van der Waals surface area contributed by atoms with Crippen molar-refractivity contribution in [3.8, 4) is 0 Å². The first-order valence-electron chi connectivity index (χ1n) is 6.08. The van der Waals surface area contributed by atoms with Crippen LogP contribution in [0.4, 0.5) is 0 Å². The van der Waals surface area contributed by atoms with E-state index in [1.165, 1.54) is 19.3 Å². The predicted octanol–water partition coefficient (Wildman–Crippen LogP) is 0.822. The van der Waals surface area contributed by atoms with Crippen LogP contribution in [0.3, 0.4) is 0 Å². The first-order valence-corrected chi connectivity index (χ1v) is 6.08. The van der Waals surface area contributed by atoms with Gasteiger partial charge in [-0.15, -0.1) is 0 Å². The van der Waals surface area contributed by atoms with Gasteiger partial charge in [0.2, 0.25) is 5.54 Å². The van der Waals surface area contributed by atoms with Crippen LogP contribution in [0.25, 0.3) is 0 Å². The molecule has 2 atom stereocenters. The molecule has 5 nitrogen and oxygen atoms in total. The van der Waals surface area contributed by atoms with Gasteiger partial charge in [-0.2, -0.15) is 0 Å². The zero-order valence-electron chi connectivity index (χ0n) is 10.2. The van der Waals surface area contributed by atoms with E-state index in [1.807, 2.05) is 7.05 Å². The van der Waals surface area contributed by atoms with Crippen molar-refractivity contribution in [3.05, 3.63) is 10.1 Å². The van der Waals surface area contributed by atoms with E-state index in [2.05, 4.69) is 9.80 Å². The second-order valence-corrected chi connectivity index (χ2v) is 5.57. The average molecular weight is 227 g/mol. The van der Waals surface area contributed by atoms with Crippen molar-refractivity contribution in [2.24, 2.45) is 0 Å². The molecule has 0 N–H and O–H groups in total. The van der Waals surface area contributed by atoms with Gasteiger partial charge in [0.25, 0.3) is 0 Å². The molecule has 2 unspecified atom stereocenters. The molecular formula is C11H21N3O2. The summed E-state index contributed by atoms with van der Waals surface area (Å²) in [6, 6.07) is 0.528. The zero-order valence-corrected chi connectivity index (χ0v) is 10.2. The molecule has 0 aliphatic carbocycles. The number of hydrogen-bond donors (Lipinski definition) is 0. The fourth-order valence-corrected chi connectivity index (χ4v) is 3.08. The highest BCUT2D eigenvalue weighted by Crippen LogP contribution is 2.25. The van der Waals surface area contributed by atoms with E-state index >= 15 is 0 Å². The Hall–Kier alpha value is -0.680. The number of piperidine rings is 1. The summed E-state index contributed by atoms with van der Waals surface area (Å²) in [5.41, 5.74) is -0.805. The van der Waals surface area contributed by atoms with Gasteiger partial charge in [0.15, 0.2) is 0 Å². The largest absolute Gasteiger partial charge is 0.298 e. The molecule has 5 heteroatoms. The van der Waals surface area contributed by atoms with Crippen molar-refractivity contribution in [1.82, 2.24) is 9.80 Å². The molecule has 0 aromatic rings. The first kappa shape index (κ1) is 11.8. The highest BCUT2D eigenvalue weighted by Gasteiger charge is 2.44. The number of nitrogens with zero attached hydrogens (tertiary/aromatic N) is 3. The molecule has 0 saturated carbocycles. The minimum Gasteiger partial charge on any atom is -0.298 e. The topological polar surface area (TPSA) is 49.6 Å². The van der Waals surface area contributed by atoms with Crippen LogP contribution in [0.15, 0.2) is 0 Å². The maximum Gasteiger partial charge on any atom is 0.244 e. The molecule has 92 valence electrons. The molecule has 0 amide bonds. The highest BCUT2D eigenvalue weighted by atomic mass is 16.6. The summed E-state index contributed by atoms with van der Waals surface area (Å²) in [6.07, 6.45) is 3.65. The number of hydrogen-bond acceptors (Lipinski definition) is 4. The molecule has 2 heterocycles. The van der Waals surface area contributed by atoms with Gasteiger partial charge in [-0.3, -0.25) is 19.9 Å². The van der Waals surface area contributed by atoms with Gasteiger partial charge in [0.05, 0.1) is 13.1 Å². The van der Waals surface area contributed by atoms with Crippen molar-refractivity contribution in [3.63, 3.8) is 0 Å². The Balaban J connectivity index is 2.17. The molecule has 0 radical (unpaired) electrons. The number of fused-ring (bicyclic) bond motifs is 1. The summed E-state index contributed by atoms with van der Waals surface area (Å²) in [5, 5.41) is 11.2. The first-order chi connectivity index (χ1) is 7.51. The van der Waals surface area contributed by atoms with Gasteiger partial charge >= 0.3 is 0 Å². The van der Waals surface area contributed by atoms with Crippen LogP contribution >= 0.6 is 0 Å². The Kier molecular flexibility index (Phi) is 3.17. The van der Waals surface area contributed by atoms with Crippen LogP contribution in [-0.2, 0) is 0 Å². The van der Waals surface area contributed by atoms with Crippen molar-refractivity contribution in [2.75, 3.05) is 33.2 Å². The van der Waals surface area contributed by atoms with Crippen LogP contribution < -0.4 is 0 Å². The van der Waals surface area contributed by atoms with Crippen molar-refractivity contribution < 1.29 is 4.92 Å². The molecule has 0 bridgehead atoms. The third-order valence-electron chi connectivity index (χ3n) is 3.87. The van der Waals surface area contributed by atoms with E-state index < -0.39 is 5.54 Å². The second kappa shape index (κ2) is 4.30. The van der Waals surface area contributed by atoms with E-state index in [0.29, 0.717) is 19.1 Å². The van der Waals surface area contributed by atoms with Gasteiger partial charge in [0.1, 0.15) is 0 Å². The Labute approximate surface area is 96.5 Å². The highest BCUT2D eigenvalue weighted by molar-refractivity contribution is 4.91. The van der Waals surface area contributed by atoms with Crippen LogP contribution in [0.2, 0.25) is 0 Å². The van der Waals surface area contributed by atoms with Crippen LogP contribution in [0.1, 0.15) is 26.2 Å². The fourth-order valence-electron chi connectivity index (χ4n) is 3.08. The summed E-state index contributed by atoms with van der Waals surface area (Å²) in [6.45, 7) is 4.95. The lowest BCUT2D eigenvalue weighted by Gasteiger charge is -2.35. The number of rotatable bonds is 1. The summed E-state index contributed by atoms with van der Waals surface area (Å²) in [5.74, 6) is 0. The molecule has 2 saturated heterocycles. The standard InChI is InChI=1S/C11H21N3O2/c1-11(14(15)16)8-12(2)7-10-5-3-4-6-13(10)9-11/h10H,3-9H2,1-2H3. The molecule has 2 aliphatic rings. The third-order valence-corrected chi connectivity index (χ3v) is 3.87. The second-order valence-electron chi connectivity index (χ2n) is 5.57. The van der Waals surface area contributed by atoms with Crippen molar-refractivity contribution in [2.45, 2.75) is 37.8 Å². The zero-order chi connectivity index (χ0) is 11.8. The smallest absolute Gasteiger partial charge is 0.244 e. The molecule has 2 fully saturated rings. The van der Waals surface area contributed by atoms with Crippen LogP contribution in [0.5, 0.6) is 0 Å². The van der Waals surface area contributed by atoms with Gasteiger partial charge in [-0.1, -0.05) is 6.42 Å². The van der Waals surface area contributed by atoms with E-state index in [1.54, 1.807) is 6.92 Å². The lowest BCUT2D eigenvalue weighted by Crippen LogP contribution is -2.51. The van der Waals surface area contributed by atoms with Crippen LogP contribution in [-0.4, -0.2) is 59.5 Å². The minimum atomic E-state index is -0.805. The predicted molar refractivity (Wildman–Crippen MR) is 62.1 cm³/mol. The van der Waals surface area contributed by atoms with Gasteiger partial charge < -0.3 is 0 Å². The summed E-state index contributed by atoms with van der Waals surface area (Å²) >= 11 is 0.